The highest BCUT2D eigenvalue weighted by Gasteiger charge is 2.24. The van der Waals surface area contributed by atoms with Crippen molar-refractivity contribution in [2.24, 2.45) is 4.99 Å². The molecule has 34 heavy (non-hydrogen) atoms. The van der Waals surface area contributed by atoms with Gasteiger partial charge in [-0.3, -0.25) is 4.79 Å². The molecule has 0 fully saturated rings. The number of hydrogen-bond acceptors (Lipinski definition) is 6. The molecule has 176 valence electrons. The van der Waals surface area contributed by atoms with Gasteiger partial charge in [0.1, 0.15) is 0 Å². The Morgan fingerprint density at radius 3 is 2.21 bits per heavy atom. The van der Waals surface area contributed by atoms with Crippen LogP contribution in [0.5, 0.6) is 0 Å². The summed E-state index contributed by atoms with van der Waals surface area (Å²) in [6.45, 7) is 2.37. The van der Waals surface area contributed by atoms with E-state index < -0.39 is 15.9 Å². The number of halogens is 2. The molecular formula is C22H19Cl2N5O3S2. The van der Waals surface area contributed by atoms with Gasteiger partial charge < -0.3 is 4.57 Å². The molecule has 0 atom stereocenters. The maximum absolute atomic E-state index is 12.9. The normalized spacial score (nSPS) is 12.1. The number of thiazole rings is 1. The first-order chi connectivity index (χ1) is 16.2. The van der Waals surface area contributed by atoms with Gasteiger partial charge in [-0.2, -0.15) is 19.8 Å². The number of aromatic nitrogens is 1. The molecule has 0 aliphatic heterocycles. The summed E-state index contributed by atoms with van der Waals surface area (Å²) in [5, 5.41) is 18.6. The summed E-state index contributed by atoms with van der Waals surface area (Å²) in [5.74, 6) is -0.546. The summed E-state index contributed by atoms with van der Waals surface area (Å²) in [4.78, 5) is 17.4. The van der Waals surface area contributed by atoms with Crippen LogP contribution < -0.4 is 4.80 Å². The van der Waals surface area contributed by atoms with Crippen LogP contribution in [0.3, 0.4) is 0 Å². The van der Waals surface area contributed by atoms with Crippen LogP contribution in [0, 0.1) is 22.7 Å². The lowest BCUT2D eigenvalue weighted by Crippen LogP contribution is -2.32. The Morgan fingerprint density at radius 2 is 1.65 bits per heavy atom. The number of rotatable bonds is 8. The summed E-state index contributed by atoms with van der Waals surface area (Å²) in [6.07, 6.45) is 0.00146. The van der Waals surface area contributed by atoms with Gasteiger partial charge in [0, 0.05) is 38.0 Å². The van der Waals surface area contributed by atoms with Gasteiger partial charge in [0.25, 0.3) is 5.91 Å². The van der Waals surface area contributed by atoms with Crippen molar-refractivity contribution in [3.8, 4) is 12.1 Å². The highest BCUT2D eigenvalue weighted by Crippen LogP contribution is 2.31. The SMILES string of the molecule is CCn1c(=NC(=O)c2ccc(S(=O)(=O)N(CCC#N)CCC#N)cc2)sc2c(Cl)ccc(Cl)c21. The lowest BCUT2D eigenvalue weighted by atomic mass is 10.2. The summed E-state index contributed by atoms with van der Waals surface area (Å²) in [6, 6.07) is 12.6. The van der Waals surface area contributed by atoms with Crippen LogP contribution in [0.4, 0.5) is 0 Å². The number of aryl methyl sites for hydroxylation is 1. The summed E-state index contributed by atoms with van der Waals surface area (Å²) in [5.41, 5.74) is 0.904. The minimum atomic E-state index is -3.93. The topological polar surface area (TPSA) is 119 Å². The largest absolute Gasteiger partial charge is 0.315 e. The molecule has 0 aliphatic rings. The molecule has 0 radical (unpaired) electrons. The molecule has 0 unspecified atom stereocenters. The number of fused-ring (bicyclic) bond motifs is 1. The fourth-order valence-corrected chi connectivity index (χ4v) is 6.41. The Hall–Kier alpha value is -2.73. The number of carbonyl (C=O) groups is 1. The van der Waals surface area contributed by atoms with Crippen LogP contribution in [0.25, 0.3) is 10.2 Å². The zero-order valence-electron chi connectivity index (χ0n) is 18.0. The lowest BCUT2D eigenvalue weighted by Gasteiger charge is -2.20. The van der Waals surface area contributed by atoms with E-state index >= 15 is 0 Å². The summed E-state index contributed by atoms with van der Waals surface area (Å²) in [7, 11) is -3.93. The lowest BCUT2D eigenvalue weighted by molar-refractivity contribution is 0.0997. The molecule has 0 aliphatic carbocycles. The van der Waals surface area contributed by atoms with Crippen molar-refractivity contribution >= 4 is 60.7 Å². The van der Waals surface area contributed by atoms with Gasteiger partial charge in [-0.05, 0) is 43.3 Å². The molecule has 3 rings (SSSR count). The van der Waals surface area contributed by atoms with Crippen molar-refractivity contribution in [2.75, 3.05) is 13.1 Å². The molecule has 0 N–H and O–H groups in total. The van der Waals surface area contributed by atoms with Crippen LogP contribution >= 0.6 is 34.5 Å². The number of carbonyl (C=O) groups excluding carboxylic acids is 1. The van der Waals surface area contributed by atoms with E-state index in [0.29, 0.717) is 26.9 Å². The third-order valence-electron chi connectivity index (χ3n) is 4.93. The van der Waals surface area contributed by atoms with Gasteiger partial charge in [-0.1, -0.05) is 34.5 Å². The molecule has 1 amide bonds. The molecule has 1 heterocycles. The number of nitriles is 2. The molecule has 12 heteroatoms. The van der Waals surface area contributed by atoms with E-state index in [1.54, 1.807) is 16.7 Å². The number of sulfonamides is 1. The minimum absolute atomic E-state index is 0.000731. The average molecular weight is 536 g/mol. The van der Waals surface area contributed by atoms with E-state index in [0.717, 1.165) is 9.01 Å². The molecule has 3 aromatic rings. The molecular weight excluding hydrogens is 517 g/mol. The van der Waals surface area contributed by atoms with Gasteiger partial charge in [-0.15, -0.1) is 0 Å². The van der Waals surface area contributed by atoms with Gasteiger partial charge >= 0.3 is 0 Å². The zero-order valence-corrected chi connectivity index (χ0v) is 21.2. The first kappa shape index (κ1) is 25.9. The van der Waals surface area contributed by atoms with Crippen LogP contribution in [-0.2, 0) is 16.6 Å². The predicted molar refractivity (Wildman–Crippen MR) is 131 cm³/mol. The smallest absolute Gasteiger partial charge is 0.279 e. The summed E-state index contributed by atoms with van der Waals surface area (Å²) < 4.78 is 29.5. The Labute approximate surface area is 210 Å². The van der Waals surface area contributed by atoms with E-state index in [1.807, 2.05) is 19.1 Å². The first-order valence-corrected chi connectivity index (χ1v) is 13.2. The second-order valence-corrected chi connectivity index (χ2v) is 10.7. The number of benzene rings is 2. The van der Waals surface area contributed by atoms with Crippen LogP contribution in [0.15, 0.2) is 46.3 Å². The maximum atomic E-state index is 12.9. The molecule has 0 spiro atoms. The van der Waals surface area contributed by atoms with E-state index in [1.165, 1.54) is 35.6 Å². The van der Waals surface area contributed by atoms with Crippen molar-refractivity contribution in [1.82, 2.24) is 8.87 Å². The van der Waals surface area contributed by atoms with E-state index in [9.17, 15) is 13.2 Å². The van der Waals surface area contributed by atoms with Crippen molar-refractivity contribution in [2.45, 2.75) is 31.2 Å². The van der Waals surface area contributed by atoms with Crippen molar-refractivity contribution in [3.63, 3.8) is 0 Å². The quantitative estimate of drug-likeness (QED) is 0.417. The van der Waals surface area contributed by atoms with E-state index in [2.05, 4.69) is 4.99 Å². The van der Waals surface area contributed by atoms with Gasteiger partial charge in [0.2, 0.25) is 10.0 Å². The molecule has 2 aromatic carbocycles. The molecule has 0 bridgehead atoms. The fraction of sp³-hybridized carbons (Fsp3) is 0.273. The predicted octanol–water partition coefficient (Wildman–Crippen LogP) is 4.59. The first-order valence-electron chi connectivity index (χ1n) is 10.1. The second-order valence-electron chi connectivity index (χ2n) is 7.00. The van der Waals surface area contributed by atoms with E-state index in [-0.39, 0.29) is 36.4 Å². The highest BCUT2D eigenvalue weighted by atomic mass is 35.5. The van der Waals surface area contributed by atoms with Crippen molar-refractivity contribution < 1.29 is 13.2 Å². The third kappa shape index (κ3) is 5.33. The standard InChI is InChI=1S/C22H19Cl2N5O3S2/c1-2-29-19-17(23)9-10-18(24)20(19)33-22(29)27-21(30)15-5-7-16(8-6-15)34(31,32)28(13-3-11-25)14-4-12-26/h5-10H,2-4,13-14H2,1H3. The number of nitrogens with zero attached hydrogens (tertiary/aromatic N) is 5. The minimum Gasteiger partial charge on any atom is -0.315 e. The molecule has 0 saturated heterocycles. The van der Waals surface area contributed by atoms with Crippen molar-refractivity contribution in [1.29, 1.82) is 10.5 Å². The second kappa shape index (κ2) is 11.1. The van der Waals surface area contributed by atoms with Crippen molar-refractivity contribution in [3.05, 3.63) is 56.8 Å². The van der Waals surface area contributed by atoms with Gasteiger partial charge in [-0.25, -0.2) is 8.42 Å². The highest BCUT2D eigenvalue weighted by molar-refractivity contribution is 7.89. The fourth-order valence-electron chi connectivity index (χ4n) is 3.26. The average Bonchev–Trinajstić information content (AvgIpc) is 3.20. The third-order valence-corrected chi connectivity index (χ3v) is 8.68. The van der Waals surface area contributed by atoms with Crippen LogP contribution in [0.2, 0.25) is 10.0 Å². The number of hydrogen-bond donors (Lipinski definition) is 0. The summed E-state index contributed by atoms with van der Waals surface area (Å²) >= 11 is 13.9. The van der Waals surface area contributed by atoms with Crippen LogP contribution in [0.1, 0.15) is 30.1 Å². The van der Waals surface area contributed by atoms with E-state index in [4.69, 9.17) is 33.7 Å². The van der Waals surface area contributed by atoms with Gasteiger partial charge in [0.05, 0.1) is 37.3 Å². The Kier molecular flexibility index (Phi) is 8.47. The number of amides is 1. The van der Waals surface area contributed by atoms with Crippen LogP contribution in [-0.4, -0.2) is 36.3 Å². The van der Waals surface area contributed by atoms with Gasteiger partial charge in [0.15, 0.2) is 4.80 Å². The molecule has 8 nitrogen and oxygen atoms in total. The maximum Gasteiger partial charge on any atom is 0.279 e. The Bertz CT molecular complexity index is 1460. The monoisotopic (exact) mass is 535 g/mol. The molecule has 1 aromatic heterocycles. The molecule has 0 saturated carbocycles. The Morgan fingerprint density at radius 1 is 1.06 bits per heavy atom. The zero-order chi connectivity index (χ0) is 24.9. The Balaban J connectivity index is 1.95.